The van der Waals surface area contributed by atoms with E-state index in [1.54, 1.807) is 0 Å². The molecule has 0 aliphatic rings. The molecule has 1 unspecified atom stereocenters. The van der Waals surface area contributed by atoms with E-state index >= 15 is 0 Å². The molecule has 0 aliphatic carbocycles. The zero-order valence-corrected chi connectivity index (χ0v) is 8.73. The summed E-state index contributed by atoms with van der Waals surface area (Å²) < 4.78 is 5.39. The first-order chi connectivity index (χ1) is 5.81. The van der Waals surface area contributed by atoms with Crippen LogP contribution in [0, 0.1) is 0 Å². The van der Waals surface area contributed by atoms with Gasteiger partial charge in [0.2, 0.25) is 0 Å². The molecule has 0 aromatic carbocycles. The SMILES string of the molecule is CCCNC(C)CCOCCC. The fourth-order valence-corrected chi connectivity index (χ4v) is 0.999. The molecule has 1 atom stereocenters. The van der Waals surface area contributed by atoms with Gasteiger partial charge in [0.25, 0.3) is 0 Å². The Balaban J connectivity index is 3.02. The average molecular weight is 173 g/mol. The van der Waals surface area contributed by atoms with Crippen molar-refractivity contribution in [2.75, 3.05) is 19.8 Å². The molecule has 1 N–H and O–H groups in total. The third-order valence-electron chi connectivity index (χ3n) is 1.79. The molecule has 0 saturated carbocycles. The first-order valence-electron chi connectivity index (χ1n) is 5.12. The van der Waals surface area contributed by atoms with Crippen molar-refractivity contribution in [1.29, 1.82) is 0 Å². The van der Waals surface area contributed by atoms with Gasteiger partial charge in [0, 0.05) is 19.3 Å². The molecular weight excluding hydrogens is 150 g/mol. The lowest BCUT2D eigenvalue weighted by atomic mass is 10.2. The third-order valence-corrected chi connectivity index (χ3v) is 1.79. The summed E-state index contributed by atoms with van der Waals surface area (Å²) in [4.78, 5) is 0. The fraction of sp³-hybridized carbons (Fsp3) is 1.00. The maximum atomic E-state index is 5.39. The van der Waals surface area contributed by atoms with Crippen molar-refractivity contribution in [3.8, 4) is 0 Å². The summed E-state index contributed by atoms with van der Waals surface area (Å²) in [5.41, 5.74) is 0. The fourth-order valence-electron chi connectivity index (χ4n) is 0.999. The van der Waals surface area contributed by atoms with E-state index in [4.69, 9.17) is 4.74 Å². The van der Waals surface area contributed by atoms with E-state index in [0.717, 1.165) is 32.6 Å². The second kappa shape index (κ2) is 9.01. The minimum atomic E-state index is 0.599. The van der Waals surface area contributed by atoms with Crippen LogP contribution in [0.1, 0.15) is 40.0 Å². The molecule has 0 heterocycles. The molecular formula is C10H23NO. The molecule has 0 bridgehead atoms. The Kier molecular flexibility index (Phi) is 8.95. The second-order valence-corrected chi connectivity index (χ2v) is 3.26. The highest BCUT2D eigenvalue weighted by molar-refractivity contribution is 4.58. The van der Waals surface area contributed by atoms with Gasteiger partial charge in [-0.25, -0.2) is 0 Å². The minimum absolute atomic E-state index is 0.599. The molecule has 0 fully saturated rings. The lowest BCUT2D eigenvalue weighted by molar-refractivity contribution is 0.126. The first kappa shape index (κ1) is 11.9. The van der Waals surface area contributed by atoms with E-state index in [0.29, 0.717) is 6.04 Å². The van der Waals surface area contributed by atoms with E-state index in [1.165, 1.54) is 6.42 Å². The monoisotopic (exact) mass is 173 g/mol. The quantitative estimate of drug-likeness (QED) is 0.568. The molecule has 74 valence electrons. The lowest BCUT2D eigenvalue weighted by Crippen LogP contribution is -2.27. The van der Waals surface area contributed by atoms with E-state index in [-0.39, 0.29) is 0 Å². The highest BCUT2D eigenvalue weighted by Crippen LogP contribution is 1.92. The van der Waals surface area contributed by atoms with Crippen LogP contribution >= 0.6 is 0 Å². The maximum Gasteiger partial charge on any atom is 0.0480 e. The Labute approximate surface area is 76.7 Å². The predicted octanol–water partition coefficient (Wildman–Crippen LogP) is 2.19. The van der Waals surface area contributed by atoms with E-state index in [9.17, 15) is 0 Å². The zero-order chi connectivity index (χ0) is 9.23. The molecule has 0 aromatic heterocycles. The van der Waals surface area contributed by atoms with Crippen LogP contribution in [0.3, 0.4) is 0 Å². The van der Waals surface area contributed by atoms with Crippen molar-refractivity contribution in [1.82, 2.24) is 5.32 Å². The molecule has 0 rings (SSSR count). The van der Waals surface area contributed by atoms with Gasteiger partial charge < -0.3 is 10.1 Å². The summed E-state index contributed by atoms with van der Waals surface area (Å²) in [7, 11) is 0. The van der Waals surface area contributed by atoms with Crippen LogP contribution in [0.4, 0.5) is 0 Å². The highest BCUT2D eigenvalue weighted by Gasteiger charge is 1.98. The number of nitrogens with one attached hydrogen (secondary N) is 1. The molecule has 0 radical (unpaired) electrons. The second-order valence-electron chi connectivity index (χ2n) is 3.26. The maximum absolute atomic E-state index is 5.39. The van der Waals surface area contributed by atoms with Crippen molar-refractivity contribution in [3.05, 3.63) is 0 Å². The van der Waals surface area contributed by atoms with Crippen molar-refractivity contribution >= 4 is 0 Å². The molecule has 12 heavy (non-hydrogen) atoms. The van der Waals surface area contributed by atoms with Gasteiger partial charge in [0.05, 0.1) is 0 Å². The molecule has 2 nitrogen and oxygen atoms in total. The molecule has 0 aliphatic heterocycles. The Morgan fingerprint density at radius 2 is 1.92 bits per heavy atom. The Hall–Kier alpha value is -0.0800. The van der Waals surface area contributed by atoms with Crippen molar-refractivity contribution in [2.24, 2.45) is 0 Å². The first-order valence-corrected chi connectivity index (χ1v) is 5.12. The summed E-state index contributed by atoms with van der Waals surface area (Å²) >= 11 is 0. The van der Waals surface area contributed by atoms with Gasteiger partial charge in [-0.3, -0.25) is 0 Å². The van der Waals surface area contributed by atoms with Crippen LogP contribution in [0.25, 0.3) is 0 Å². The molecule has 0 amide bonds. The van der Waals surface area contributed by atoms with Crippen LogP contribution in [0.2, 0.25) is 0 Å². The Morgan fingerprint density at radius 1 is 1.17 bits per heavy atom. The number of hydrogen-bond acceptors (Lipinski definition) is 2. The van der Waals surface area contributed by atoms with Gasteiger partial charge in [-0.2, -0.15) is 0 Å². The number of hydrogen-bond donors (Lipinski definition) is 1. The molecule has 0 saturated heterocycles. The third kappa shape index (κ3) is 8.02. The zero-order valence-electron chi connectivity index (χ0n) is 8.73. The molecule has 0 aromatic rings. The van der Waals surface area contributed by atoms with Crippen LogP contribution in [0.5, 0.6) is 0 Å². The largest absolute Gasteiger partial charge is 0.381 e. The van der Waals surface area contributed by atoms with Gasteiger partial charge in [-0.05, 0) is 32.7 Å². The van der Waals surface area contributed by atoms with Gasteiger partial charge in [0.1, 0.15) is 0 Å². The van der Waals surface area contributed by atoms with Crippen LogP contribution in [0.15, 0.2) is 0 Å². The summed E-state index contributed by atoms with van der Waals surface area (Å²) in [5, 5.41) is 3.43. The molecule has 2 heteroatoms. The van der Waals surface area contributed by atoms with Crippen LogP contribution < -0.4 is 5.32 Å². The van der Waals surface area contributed by atoms with E-state index in [1.807, 2.05) is 0 Å². The standard InChI is InChI=1S/C10H23NO/c1-4-7-11-10(3)6-9-12-8-5-2/h10-11H,4-9H2,1-3H3. The number of rotatable bonds is 8. The van der Waals surface area contributed by atoms with Crippen molar-refractivity contribution in [3.63, 3.8) is 0 Å². The summed E-state index contributed by atoms with van der Waals surface area (Å²) in [6.07, 6.45) is 3.46. The Bertz CT molecular complexity index is 85.9. The van der Waals surface area contributed by atoms with E-state index in [2.05, 4.69) is 26.1 Å². The lowest BCUT2D eigenvalue weighted by Gasteiger charge is -2.12. The summed E-state index contributed by atoms with van der Waals surface area (Å²) in [6, 6.07) is 0.599. The van der Waals surface area contributed by atoms with Crippen LogP contribution in [-0.4, -0.2) is 25.8 Å². The normalized spacial score (nSPS) is 13.2. The number of ether oxygens (including phenoxy) is 1. The van der Waals surface area contributed by atoms with Crippen molar-refractivity contribution in [2.45, 2.75) is 46.1 Å². The predicted molar refractivity (Wildman–Crippen MR) is 53.5 cm³/mol. The summed E-state index contributed by atoms with van der Waals surface area (Å²) in [5.74, 6) is 0. The van der Waals surface area contributed by atoms with Gasteiger partial charge in [-0.1, -0.05) is 13.8 Å². The van der Waals surface area contributed by atoms with Crippen LogP contribution in [-0.2, 0) is 4.74 Å². The topological polar surface area (TPSA) is 21.3 Å². The highest BCUT2D eigenvalue weighted by atomic mass is 16.5. The minimum Gasteiger partial charge on any atom is -0.381 e. The molecule has 0 spiro atoms. The van der Waals surface area contributed by atoms with Crippen molar-refractivity contribution < 1.29 is 4.74 Å². The van der Waals surface area contributed by atoms with Gasteiger partial charge in [-0.15, -0.1) is 0 Å². The van der Waals surface area contributed by atoms with Gasteiger partial charge >= 0.3 is 0 Å². The van der Waals surface area contributed by atoms with Gasteiger partial charge in [0.15, 0.2) is 0 Å². The van der Waals surface area contributed by atoms with E-state index < -0.39 is 0 Å². The smallest absolute Gasteiger partial charge is 0.0480 e. The summed E-state index contributed by atoms with van der Waals surface area (Å²) in [6.45, 7) is 9.46. The Morgan fingerprint density at radius 3 is 2.50 bits per heavy atom. The average Bonchev–Trinajstić information content (AvgIpc) is 2.09.